The number of nitrogen functional groups attached to an aromatic ring is 1. The Balaban J connectivity index is 1.56. The number of aromatic nitrogens is 3. The SMILES string of the molecule is CC[C@@H](NC(=O)CSc1nnc(Cc2ccc(OC)cc2)n1N)c1ccc(C)cc1. The Bertz CT molecular complexity index is 970. The van der Waals surface area contributed by atoms with Crippen LogP contribution in [0.2, 0.25) is 0 Å². The molecular formula is C22H27N5O2S. The van der Waals surface area contributed by atoms with Crippen molar-refractivity contribution in [2.24, 2.45) is 0 Å². The van der Waals surface area contributed by atoms with Gasteiger partial charge in [0.1, 0.15) is 5.75 Å². The van der Waals surface area contributed by atoms with Crippen LogP contribution in [0.5, 0.6) is 5.75 Å². The van der Waals surface area contributed by atoms with E-state index >= 15 is 0 Å². The van der Waals surface area contributed by atoms with Gasteiger partial charge in [-0.05, 0) is 36.6 Å². The second-order valence-electron chi connectivity index (χ2n) is 7.02. The van der Waals surface area contributed by atoms with E-state index in [1.54, 1.807) is 7.11 Å². The van der Waals surface area contributed by atoms with E-state index in [9.17, 15) is 4.79 Å². The van der Waals surface area contributed by atoms with Crippen LogP contribution in [0.15, 0.2) is 53.7 Å². The Labute approximate surface area is 181 Å². The molecule has 2 aromatic carbocycles. The summed E-state index contributed by atoms with van der Waals surface area (Å²) in [7, 11) is 1.63. The third kappa shape index (κ3) is 5.54. The summed E-state index contributed by atoms with van der Waals surface area (Å²) in [6, 6.07) is 15.9. The summed E-state index contributed by atoms with van der Waals surface area (Å²) in [6.45, 7) is 4.10. The molecule has 8 heteroatoms. The maximum Gasteiger partial charge on any atom is 0.230 e. The third-order valence-electron chi connectivity index (χ3n) is 4.81. The summed E-state index contributed by atoms with van der Waals surface area (Å²) < 4.78 is 6.62. The van der Waals surface area contributed by atoms with Gasteiger partial charge >= 0.3 is 0 Å². The number of carbonyl (C=O) groups excluding carboxylic acids is 1. The number of nitrogens with zero attached hydrogens (tertiary/aromatic N) is 3. The highest BCUT2D eigenvalue weighted by atomic mass is 32.2. The van der Waals surface area contributed by atoms with Gasteiger partial charge in [-0.2, -0.15) is 0 Å². The lowest BCUT2D eigenvalue weighted by atomic mass is 10.0. The summed E-state index contributed by atoms with van der Waals surface area (Å²) in [5.41, 5.74) is 3.35. The second-order valence-corrected chi connectivity index (χ2v) is 7.96. The van der Waals surface area contributed by atoms with Gasteiger partial charge in [-0.25, -0.2) is 4.68 Å². The molecule has 0 fully saturated rings. The van der Waals surface area contributed by atoms with Gasteiger partial charge in [0, 0.05) is 6.42 Å². The Kier molecular flexibility index (Phi) is 7.35. The molecule has 1 aromatic heterocycles. The number of nitrogens with two attached hydrogens (primary N) is 1. The van der Waals surface area contributed by atoms with Gasteiger partial charge in [-0.1, -0.05) is 60.6 Å². The molecule has 1 heterocycles. The van der Waals surface area contributed by atoms with Crippen molar-refractivity contribution in [1.29, 1.82) is 0 Å². The highest BCUT2D eigenvalue weighted by molar-refractivity contribution is 7.99. The molecule has 1 amide bonds. The molecule has 3 aromatic rings. The van der Waals surface area contributed by atoms with Crippen LogP contribution in [-0.4, -0.2) is 33.6 Å². The number of carbonyl (C=O) groups is 1. The van der Waals surface area contributed by atoms with E-state index in [-0.39, 0.29) is 17.7 Å². The van der Waals surface area contributed by atoms with Crippen LogP contribution in [0.1, 0.15) is 41.9 Å². The Morgan fingerprint density at radius 3 is 2.50 bits per heavy atom. The Hall–Kier alpha value is -3.00. The van der Waals surface area contributed by atoms with E-state index in [0.717, 1.165) is 23.3 Å². The van der Waals surface area contributed by atoms with Gasteiger partial charge < -0.3 is 15.9 Å². The van der Waals surface area contributed by atoms with Crippen LogP contribution in [0.25, 0.3) is 0 Å². The smallest absolute Gasteiger partial charge is 0.230 e. The zero-order chi connectivity index (χ0) is 21.5. The summed E-state index contributed by atoms with van der Waals surface area (Å²) in [4.78, 5) is 12.5. The highest BCUT2D eigenvalue weighted by Gasteiger charge is 2.16. The largest absolute Gasteiger partial charge is 0.497 e. The van der Waals surface area contributed by atoms with E-state index in [4.69, 9.17) is 10.6 Å². The fraction of sp³-hybridized carbons (Fsp3) is 0.318. The van der Waals surface area contributed by atoms with Gasteiger partial charge in [-0.3, -0.25) is 4.79 Å². The topological polar surface area (TPSA) is 95.1 Å². The molecule has 0 spiro atoms. The van der Waals surface area contributed by atoms with E-state index in [2.05, 4.69) is 46.7 Å². The zero-order valence-electron chi connectivity index (χ0n) is 17.5. The maximum absolute atomic E-state index is 12.5. The van der Waals surface area contributed by atoms with Crippen molar-refractivity contribution in [3.05, 3.63) is 71.0 Å². The minimum absolute atomic E-state index is 0.0138. The van der Waals surface area contributed by atoms with E-state index < -0.39 is 0 Å². The molecular weight excluding hydrogens is 398 g/mol. The molecule has 30 heavy (non-hydrogen) atoms. The van der Waals surface area contributed by atoms with E-state index in [1.807, 2.05) is 31.2 Å². The lowest BCUT2D eigenvalue weighted by molar-refractivity contribution is -0.119. The average molecular weight is 426 g/mol. The van der Waals surface area contributed by atoms with Crippen LogP contribution < -0.4 is 15.9 Å². The number of thioether (sulfide) groups is 1. The van der Waals surface area contributed by atoms with Crippen molar-refractivity contribution in [2.45, 2.75) is 37.9 Å². The first-order valence-corrected chi connectivity index (χ1v) is 10.8. The number of ether oxygens (including phenoxy) is 1. The highest BCUT2D eigenvalue weighted by Crippen LogP contribution is 2.20. The van der Waals surface area contributed by atoms with Gasteiger partial charge in [0.25, 0.3) is 0 Å². The van der Waals surface area contributed by atoms with Gasteiger partial charge in [0.05, 0.1) is 18.9 Å². The van der Waals surface area contributed by atoms with Crippen LogP contribution in [-0.2, 0) is 11.2 Å². The molecule has 0 aliphatic rings. The minimum atomic E-state index is -0.0628. The van der Waals surface area contributed by atoms with Crippen molar-refractivity contribution in [3.63, 3.8) is 0 Å². The van der Waals surface area contributed by atoms with Gasteiger partial charge in [0.15, 0.2) is 5.82 Å². The number of hydrogen-bond acceptors (Lipinski definition) is 6. The van der Waals surface area contributed by atoms with E-state index in [1.165, 1.54) is 22.0 Å². The molecule has 0 aliphatic heterocycles. The number of amides is 1. The first-order chi connectivity index (χ1) is 14.5. The predicted octanol–water partition coefficient (Wildman–Crippen LogP) is 3.26. The van der Waals surface area contributed by atoms with Gasteiger partial charge in [-0.15, -0.1) is 10.2 Å². The molecule has 0 saturated heterocycles. The van der Waals surface area contributed by atoms with Crippen molar-refractivity contribution in [1.82, 2.24) is 20.2 Å². The molecule has 3 N–H and O–H groups in total. The summed E-state index contributed by atoms with van der Waals surface area (Å²) in [6.07, 6.45) is 1.37. The predicted molar refractivity (Wildman–Crippen MR) is 119 cm³/mol. The van der Waals surface area contributed by atoms with Crippen molar-refractivity contribution < 1.29 is 9.53 Å². The van der Waals surface area contributed by atoms with Crippen LogP contribution in [0.3, 0.4) is 0 Å². The maximum atomic E-state index is 12.5. The zero-order valence-corrected chi connectivity index (χ0v) is 18.3. The monoisotopic (exact) mass is 425 g/mol. The summed E-state index contributed by atoms with van der Waals surface area (Å²) in [5.74, 6) is 7.73. The first-order valence-electron chi connectivity index (χ1n) is 9.81. The number of methoxy groups -OCH3 is 1. The summed E-state index contributed by atoms with van der Waals surface area (Å²) >= 11 is 1.28. The lowest BCUT2D eigenvalue weighted by Gasteiger charge is -2.17. The molecule has 1 atom stereocenters. The third-order valence-corrected chi connectivity index (χ3v) is 5.76. The molecule has 0 aliphatic carbocycles. The van der Waals surface area contributed by atoms with Crippen LogP contribution >= 0.6 is 11.8 Å². The van der Waals surface area contributed by atoms with E-state index in [0.29, 0.717) is 17.4 Å². The number of benzene rings is 2. The molecule has 7 nitrogen and oxygen atoms in total. The molecule has 0 bridgehead atoms. The molecule has 0 radical (unpaired) electrons. The number of rotatable bonds is 9. The van der Waals surface area contributed by atoms with Crippen LogP contribution in [0, 0.1) is 6.92 Å². The molecule has 0 saturated carbocycles. The Morgan fingerprint density at radius 2 is 1.87 bits per heavy atom. The fourth-order valence-electron chi connectivity index (χ4n) is 3.04. The van der Waals surface area contributed by atoms with Crippen molar-refractivity contribution in [3.8, 4) is 5.75 Å². The Morgan fingerprint density at radius 1 is 1.17 bits per heavy atom. The number of nitrogens with one attached hydrogen (secondary N) is 1. The number of hydrogen-bond donors (Lipinski definition) is 2. The summed E-state index contributed by atoms with van der Waals surface area (Å²) in [5, 5.41) is 11.9. The normalized spacial score (nSPS) is 11.8. The molecule has 3 rings (SSSR count). The molecule has 0 unspecified atom stereocenters. The second kappa shape index (κ2) is 10.2. The standard InChI is InChI=1S/C22H27N5O2S/c1-4-19(17-9-5-15(2)6-10-17)24-21(28)14-30-22-26-25-20(27(22)23)13-16-7-11-18(29-3)12-8-16/h5-12,19H,4,13-14,23H2,1-3H3,(H,24,28)/t19-/m1/s1. The van der Waals surface area contributed by atoms with Gasteiger partial charge in [0.2, 0.25) is 11.1 Å². The fourth-order valence-corrected chi connectivity index (χ4v) is 3.72. The minimum Gasteiger partial charge on any atom is -0.497 e. The number of aryl methyl sites for hydroxylation is 1. The van der Waals surface area contributed by atoms with Crippen LogP contribution in [0.4, 0.5) is 0 Å². The average Bonchev–Trinajstić information content (AvgIpc) is 3.11. The quantitative estimate of drug-likeness (QED) is 0.404. The lowest BCUT2D eigenvalue weighted by Crippen LogP contribution is -2.29. The van der Waals surface area contributed by atoms with Crippen molar-refractivity contribution >= 4 is 17.7 Å². The molecule has 158 valence electrons. The first kappa shape index (κ1) is 21.7. The van der Waals surface area contributed by atoms with Crippen molar-refractivity contribution in [2.75, 3.05) is 18.7 Å².